The number of nitrogens with zero attached hydrogens (tertiary/aromatic N) is 1. The number of nitrogens with two attached hydrogens (primary N) is 1. The molecule has 4 heteroatoms. The molecule has 1 aromatic rings. The smallest absolute Gasteiger partial charge is 0.0640 e. The van der Waals surface area contributed by atoms with Crippen LogP contribution in [-0.2, 0) is 0 Å². The highest BCUT2D eigenvalue weighted by molar-refractivity contribution is 6.42. The summed E-state index contributed by atoms with van der Waals surface area (Å²) in [5, 5.41) is 1.29. The van der Waals surface area contributed by atoms with E-state index in [9.17, 15) is 0 Å². The second kappa shape index (κ2) is 5.79. The van der Waals surface area contributed by atoms with Crippen molar-refractivity contribution >= 4 is 23.2 Å². The Morgan fingerprint density at radius 3 is 2.78 bits per heavy atom. The number of likely N-dealkylation sites (tertiary alicyclic amines) is 1. The van der Waals surface area contributed by atoms with E-state index in [2.05, 4.69) is 18.7 Å². The standard InChI is InChI=1S/C14H20Cl2N2/c1-9-6-7-18(8-13(9)17)10(2)11-4-3-5-12(15)14(11)16/h3-5,9-10,13H,6-8,17H2,1-2H3. The molecule has 1 heterocycles. The molecule has 0 aromatic heterocycles. The summed E-state index contributed by atoms with van der Waals surface area (Å²) in [6, 6.07) is 6.33. The van der Waals surface area contributed by atoms with Crippen molar-refractivity contribution in [2.45, 2.75) is 32.4 Å². The molecule has 3 atom stereocenters. The van der Waals surface area contributed by atoms with Crippen LogP contribution in [0, 0.1) is 5.92 Å². The lowest BCUT2D eigenvalue weighted by atomic mass is 9.92. The van der Waals surface area contributed by atoms with E-state index in [0.717, 1.165) is 25.1 Å². The van der Waals surface area contributed by atoms with Crippen LogP contribution in [0.1, 0.15) is 31.9 Å². The fourth-order valence-corrected chi connectivity index (χ4v) is 2.98. The highest BCUT2D eigenvalue weighted by atomic mass is 35.5. The second-order valence-electron chi connectivity index (χ2n) is 5.24. The van der Waals surface area contributed by atoms with Crippen molar-refractivity contribution in [3.8, 4) is 0 Å². The molecule has 0 radical (unpaired) electrons. The van der Waals surface area contributed by atoms with Gasteiger partial charge in [0.25, 0.3) is 0 Å². The van der Waals surface area contributed by atoms with Crippen LogP contribution in [0.5, 0.6) is 0 Å². The Labute approximate surface area is 119 Å². The predicted molar refractivity (Wildman–Crippen MR) is 78.2 cm³/mol. The van der Waals surface area contributed by atoms with Crippen LogP contribution in [-0.4, -0.2) is 24.0 Å². The molecule has 0 bridgehead atoms. The quantitative estimate of drug-likeness (QED) is 0.898. The Hall–Kier alpha value is -0.280. The molecule has 18 heavy (non-hydrogen) atoms. The Morgan fingerprint density at radius 1 is 1.39 bits per heavy atom. The molecule has 0 saturated carbocycles. The first-order valence-corrected chi connectivity index (χ1v) is 7.20. The summed E-state index contributed by atoms with van der Waals surface area (Å²) in [5.41, 5.74) is 7.24. The van der Waals surface area contributed by atoms with E-state index in [4.69, 9.17) is 28.9 Å². The van der Waals surface area contributed by atoms with Gasteiger partial charge in [-0.1, -0.05) is 42.3 Å². The number of hydrogen-bond acceptors (Lipinski definition) is 2. The minimum absolute atomic E-state index is 0.249. The molecule has 1 aliphatic rings. The first-order chi connectivity index (χ1) is 8.50. The van der Waals surface area contributed by atoms with Crippen LogP contribution in [0.4, 0.5) is 0 Å². The molecule has 0 spiro atoms. The zero-order valence-electron chi connectivity index (χ0n) is 10.9. The van der Waals surface area contributed by atoms with Gasteiger partial charge in [0.15, 0.2) is 0 Å². The van der Waals surface area contributed by atoms with Gasteiger partial charge in [-0.05, 0) is 37.4 Å². The molecule has 2 rings (SSSR count). The molecular weight excluding hydrogens is 267 g/mol. The van der Waals surface area contributed by atoms with Gasteiger partial charge in [0.05, 0.1) is 10.0 Å². The SMILES string of the molecule is CC1CCN(C(C)c2cccc(Cl)c2Cl)CC1N. The van der Waals surface area contributed by atoms with Crippen molar-refractivity contribution < 1.29 is 0 Å². The maximum atomic E-state index is 6.28. The van der Waals surface area contributed by atoms with E-state index in [1.165, 1.54) is 0 Å². The van der Waals surface area contributed by atoms with Crippen molar-refractivity contribution in [3.63, 3.8) is 0 Å². The van der Waals surface area contributed by atoms with Crippen LogP contribution < -0.4 is 5.73 Å². The molecule has 100 valence electrons. The Balaban J connectivity index is 2.16. The highest BCUT2D eigenvalue weighted by Crippen LogP contribution is 2.34. The summed E-state index contributed by atoms with van der Waals surface area (Å²) < 4.78 is 0. The van der Waals surface area contributed by atoms with Crippen LogP contribution in [0.15, 0.2) is 18.2 Å². The van der Waals surface area contributed by atoms with Crippen LogP contribution in [0.2, 0.25) is 10.0 Å². The molecule has 2 nitrogen and oxygen atoms in total. The summed E-state index contributed by atoms with van der Waals surface area (Å²) in [4.78, 5) is 2.39. The van der Waals surface area contributed by atoms with Crippen LogP contribution in [0.25, 0.3) is 0 Å². The maximum Gasteiger partial charge on any atom is 0.0640 e. The van der Waals surface area contributed by atoms with Gasteiger partial charge in [-0.25, -0.2) is 0 Å². The second-order valence-corrected chi connectivity index (χ2v) is 6.03. The number of hydrogen-bond donors (Lipinski definition) is 1. The molecule has 0 aliphatic carbocycles. The number of benzene rings is 1. The third kappa shape index (κ3) is 2.83. The summed E-state index contributed by atoms with van der Waals surface area (Å²) in [5.74, 6) is 0.600. The van der Waals surface area contributed by atoms with Gasteiger partial charge in [-0.15, -0.1) is 0 Å². The van der Waals surface area contributed by atoms with Crippen molar-refractivity contribution in [1.29, 1.82) is 0 Å². The van der Waals surface area contributed by atoms with Crippen molar-refractivity contribution in [1.82, 2.24) is 4.90 Å². The first kappa shape index (κ1) is 14.1. The largest absolute Gasteiger partial charge is 0.326 e. The van der Waals surface area contributed by atoms with E-state index in [-0.39, 0.29) is 12.1 Å². The van der Waals surface area contributed by atoms with Crippen molar-refractivity contribution in [2.24, 2.45) is 11.7 Å². The molecule has 1 aliphatic heterocycles. The van der Waals surface area contributed by atoms with Gasteiger partial charge in [-0.3, -0.25) is 4.90 Å². The Morgan fingerprint density at radius 2 is 2.11 bits per heavy atom. The lowest BCUT2D eigenvalue weighted by Crippen LogP contribution is -2.48. The normalized spacial score (nSPS) is 27.2. The first-order valence-electron chi connectivity index (χ1n) is 6.44. The zero-order valence-corrected chi connectivity index (χ0v) is 12.4. The molecule has 1 fully saturated rings. The fraction of sp³-hybridized carbons (Fsp3) is 0.571. The minimum atomic E-state index is 0.249. The molecular formula is C14H20Cl2N2. The van der Waals surface area contributed by atoms with Gasteiger partial charge in [-0.2, -0.15) is 0 Å². The number of halogens is 2. The van der Waals surface area contributed by atoms with Gasteiger partial charge in [0, 0.05) is 18.6 Å². The number of piperidine rings is 1. The summed E-state index contributed by atoms with van der Waals surface area (Å²) in [6.07, 6.45) is 1.14. The zero-order chi connectivity index (χ0) is 13.3. The lowest BCUT2D eigenvalue weighted by Gasteiger charge is -2.39. The topological polar surface area (TPSA) is 29.3 Å². The lowest BCUT2D eigenvalue weighted by molar-refractivity contribution is 0.128. The van der Waals surface area contributed by atoms with Gasteiger partial charge >= 0.3 is 0 Å². The van der Waals surface area contributed by atoms with E-state index in [1.54, 1.807) is 0 Å². The van der Waals surface area contributed by atoms with Gasteiger partial charge in [0.2, 0.25) is 0 Å². The molecule has 0 amide bonds. The average Bonchev–Trinajstić information content (AvgIpc) is 2.35. The minimum Gasteiger partial charge on any atom is -0.326 e. The third-order valence-electron chi connectivity index (χ3n) is 4.03. The molecule has 3 unspecified atom stereocenters. The Kier molecular flexibility index (Phi) is 4.54. The van der Waals surface area contributed by atoms with Gasteiger partial charge in [0.1, 0.15) is 0 Å². The summed E-state index contributed by atoms with van der Waals surface area (Å²) >= 11 is 12.4. The van der Waals surface area contributed by atoms with Crippen LogP contribution in [0.3, 0.4) is 0 Å². The Bertz CT molecular complexity index is 422. The third-order valence-corrected chi connectivity index (χ3v) is 4.86. The van der Waals surface area contributed by atoms with E-state index in [0.29, 0.717) is 16.0 Å². The highest BCUT2D eigenvalue weighted by Gasteiger charge is 2.27. The van der Waals surface area contributed by atoms with Gasteiger partial charge < -0.3 is 5.73 Å². The number of rotatable bonds is 2. The fourth-order valence-electron chi connectivity index (χ4n) is 2.52. The molecule has 1 saturated heterocycles. The molecule has 1 aromatic carbocycles. The summed E-state index contributed by atoms with van der Waals surface area (Å²) in [7, 11) is 0. The maximum absolute atomic E-state index is 6.28. The van der Waals surface area contributed by atoms with E-state index >= 15 is 0 Å². The predicted octanol–water partition coefficient (Wildman–Crippen LogP) is 3.72. The van der Waals surface area contributed by atoms with E-state index in [1.807, 2.05) is 18.2 Å². The average molecular weight is 287 g/mol. The monoisotopic (exact) mass is 286 g/mol. The van der Waals surface area contributed by atoms with Crippen LogP contribution >= 0.6 is 23.2 Å². The van der Waals surface area contributed by atoms with Crippen molar-refractivity contribution in [2.75, 3.05) is 13.1 Å². The van der Waals surface area contributed by atoms with Crippen molar-refractivity contribution in [3.05, 3.63) is 33.8 Å². The molecule has 2 N–H and O–H groups in total. The summed E-state index contributed by atoms with van der Waals surface area (Å²) in [6.45, 7) is 6.38. The van der Waals surface area contributed by atoms with E-state index < -0.39 is 0 Å².